The summed E-state index contributed by atoms with van der Waals surface area (Å²) in [6, 6.07) is 3.53. The number of nitrogens with zero attached hydrogens (tertiary/aromatic N) is 2. The van der Waals surface area contributed by atoms with Gasteiger partial charge < -0.3 is 10.6 Å². The van der Waals surface area contributed by atoms with Crippen molar-refractivity contribution < 1.29 is 13.2 Å². The Hall–Kier alpha value is -0.670. The summed E-state index contributed by atoms with van der Waals surface area (Å²) in [5.74, 6) is 0.0498. The van der Waals surface area contributed by atoms with Crippen LogP contribution in [0.15, 0.2) is 16.3 Å². The maximum absolute atomic E-state index is 12.7. The summed E-state index contributed by atoms with van der Waals surface area (Å²) in [4.78, 5) is 15.3. The maximum atomic E-state index is 12.7. The van der Waals surface area contributed by atoms with Crippen LogP contribution in [0.4, 0.5) is 0 Å². The van der Waals surface area contributed by atoms with E-state index in [0.717, 1.165) is 30.6 Å². The minimum atomic E-state index is -3.42. The molecule has 1 aromatic heterocycles. The van der Waals surface area contributed by atoms with Gasteiger partial charge in [0, 0.05) is 37.1 Å². The summed E-state index contributed by atoms with van der Waals surface area (Å²) in [5.41, 5.74) is 6.05. The summed E-state index contributed by atoms with van der Waals surface area (Å²) in [7, 11) is -3.42. The Kier molecular flexibility index (Phi) is 7.35. The summed E-state index contributed by atoms with van der Waals surface area (Å²) in [5, 5.41) is 0. The quantitative estimate of drug-likeness (QED) is 0.787. The van der Waals surface area contributed by atoms with Crippen LogP contribution in [-0.2, 0) is 21.2 Å². The molecular formula is C18H30ClN3O3S2. The molecule has 3 heterocycles. The molecule has 3 rings (SSSR count). The standard InChI is InChI=1S/C18H29N3O3S2.ClH/c1-18(2)13-20(11-8-15(18)19)16(22)12-14-6-7-17(25-14)26(23,24)21-9-4-3-5-10-21;/h6-7,15H,3-5,8-13,19H2,1-2H3;1H. The topological polar surface area (TPSA) is 83.7 Å². The summed E-state index contributed by atoms with van der Waals surface area (Å²) < 4.78 is 27.4. The molecule has 1 aromatic rings. The molecule has 9 heteroatoms. The zero-order valence-corrected chi connectivity index (χ0v) is 18.5. The molecule has 2 saturated heterocycles. The van der Waals surface area contributed by atoms with Gasteiger partial charge in [-0.1, -0.05) is 20.3 Å². The Morgan fingerprint density at radius 1 is 1.22 bits per heavy atom. The van der Waals surface area contributed by atoms with Gasteiger partial charge in [0.25, 0.3) is 10.0 Å². The zero-order chi connectivity index (χ0) is 18.9. The van der Waals surface area contributed by atoms with Crippen molar-refractivity contribution in [3.8, 4) is 0 Å². The van der Waals surface area contributed by atoms with Crippen molar-refractivity contribution in [2.45, 2.75) is 56.2 Å². The van der Waals surface area contributed by atoms with Gasteiger partial charge in [0.05, 0.1) is 6.42 Å². The van der Waals surface area contributed by atoms with Crippen molar-refractivity contribution in [1.29, 1.82) is 0 Å². The highest BCUT2D eigenvalue weighted by Crippen LogP contribution is 2.30. The Morgan fingerprint density at radius 3 is 2.52 bits per heavy atom. The Balaban J connectivity index is 0.00000261. The molecule has 0 spiro atoms. The van der Waals surface area contributed by atoms with Gasteiger partial charge in [0.15, 0.2) is 0 Å². The second-order valence-electron chi connectivity index (χ2n) is 8.06. The molecule has 1 amide bonds. The number of amides is 1. The third-order valence-electron chi connectivity index (χ3n) is 5.54. The number of hydrogen-bond donors (Lipinski definition) is 1. The van der Waals surface area contributed by atoms with Crippen LogP contribution in [0.25, 0.3) is 0 Å². The van der Waals surface area contributed by atoms with Crippen LogP contribution < -0.4 is 5.73 Å². The molecule has 0 aliphatic carbocycles. The lowest BCUT2D eigenvalue weighted by molar-refractivity contribution is -0.133. The van der Waals surface area contributed by atoms with Crippen molar-refractivity contribution >= 4 is 39.7 Å². The fourth-order valence-corrected chi connectivity index (χ4v) is 6.69. The first-order valence-corrected chi connectivity index (χ1v) is 11.6. The van der Waals surface area contributed by atoms with E-state index in [1.807, 2.05) is 4.90 Å². The molecule has 2 fully saturated rings. The predicted octanol–water partition coefficient (Wildman–Crippen LogP) is 2.47. The number of sulfonamides is 1. The largest absolute Gasteiger partial charge is 0.342 e. The van der Waals surface area contributed by atoms with Crippen molar-refractivity contribution in [3.63, 3.8) is 0 Å². The van der Waals surface area contributed by atoms with Crippen LogP contribution in [-0.4, -0.2) is 55.8 Å². The zero-order valence-electron chi connectivity index (χ0n) is 16.0. The van der Waals surface area contributed by atoms with Gasteiger partial charge in [-0.05, 0) is 36.8 Å². The SMILES string of the molecule is CC1(C)CN(C(=O)Cc2ccc(S(=O)(=O)N3CCCCC3)s2)CCC1N.Cl. The van der Waals surface area contributed by atoms with Gasteiger partial charge in [-0.15, -0.1) is 23.7 Å². The minimum absolute atomic E-state index is 0. The molecular weight excluding hydrogens is 406 g/mol. The molecule has 0 saturated carbocycles. The third-order valence-corrected chi connectivity index (χ3v) is 8.99. The smallest absolute Gasteiger partial charge is 0.252 e. The van der Waals surface area contributed by atoms with E-state index in [4.69, 9.17) is 5.73 Å². The number of thiophene rings is 1. The van der Waals surface area contributed by atoms with Gasteiger partial charge in [0.1, 0.15) is 4.21 Å². The first-order valence-electron chi connectivity index (χ1n) is 9.32. The van der Waals surface area contributed by atoms with E-state index in [1.54, 1.807) is 16.4 Å². The van der Waals surface area contributed by atoms with Crippen LogP contribution in [0, 0.1) is 5.41 Å². The first kappa shape index (κ1) is 22.6. The van der Waals surface area contributed by atoms with Crippen LogP contribution in [0.5, 0.6) is 0 Å². The van der Waals surface area contributed by atoms with Crippen LogP contribution in [0.2, 0.25) is 0 Å². The van der Waals surface area contributed by atoms with E-state index in [2.05, 4.69) is 13.8 Å². The molecule has 27 heavy (non-hydrogen) atoms. The van der Waals surface area contributed by atoms with E-state index in [9.17, 15) is 13.2 Å². The molecule has 1 unspecified atom stereocenters. The third kappa shape index (κ3) is 5.03. The number of likely N-dealkylation sites (tertiary alicyclic amines) is 1. The summed E-state index contributed by atoms with van der Waals surface area (Å²) in [6.07, 6.45) is 3.99. The second kappa shape index (κ2) is 8.78. The number of piperidine rings is 2. The molecule has 0 bridgehead atoms. The van der Waals surface area contributed by atoms with E-state index >= 15 is 0 Å². The fraction of sp³-hybridized carbons (Fsp3) is 0.722. The number of rotatable bonds is 4. The van der Waals surface area contributed by atoms with E-state index in [0.29, 0.717) is 30.4 Å². The second-order valence-corrected chi connectivity index (χ2v) is 11.4. The lowest BCUT2D eigenvalue weighted by Gasteiger charge is -2.42. The molecule has 2 aliphatic heterocycles. The van der Waals surface area contributed by atoms with E-state index in [-0.39, 0.29) is 36.2 Å². The first-order chi connectivity index (χ1) is 12.2. The average molecular weight is 436 g/mol. The van der Waals surface area contributed by atoms with E-state index < -0.39 is 10.0 Å². The van der Waals surface area contributed by atoms with Gasteiger partial charge in [-0.25, -0.2) is 8.42 Å². The summed E-state index contributed by atoms with van der Waals surface area (Å²) >= 11 is 1.22. The molecule has 6 nitrogen and oxygen atoms in total. The minimum Gasteiger partial charge on any atom is -0.342 e. The summed E-state index contributed by atoms with van der Waals surface area (Å²) in [6.45, 7) is 6.69. The van der Waals surface area contributed by atoms with Crippen LogP contribution in [0.3, 0.4) is 0 Å². The van der Waals surface area contributed by atoms with Crippen molar-refractivity contribution in [1.82, 2.24) is 9.21 Å². The molecule has 154 valence electrons. The highest BCUT2D eigenvalue weighted by atomic mass is 35.5. The van der Waals surface area contributed by atoms with Crippen molar-refractivity contribution in [2.24, 2.45) is 11.1 Å². The van der Waals surface area contributed by atoms with Gasteiger partial charge >= 0.3 is 0 Å². The molecule has 2 aliphatic rings. The maximum Gasteiger partial charge on any atom is 0.252 e. The Bertz CT molecular complexity index is 758. The van der Waals surface area contributed by atoms with E-state index in [1.165, 1.54) is 11.3 Å². The van der Waals surface area contributed by atoms with Crippen molar-refractivity contribution in [2.75, 3.05) is 26.2 Å². The lowest BCUT2D eigenvalue weighted by atomic mass is 9.79. The Morgan fingerprint density at radius 2 is 1.89 bits per heavy atom. The average Bonchev–Trinajstić information content (AvgIpc) is 3.07. The highest BCUT2D eigenvalue weighted by Gasteiger charge is 2.35. The molecule has 2 N–H and O–H groups in total. The fourth-order valence-electron chi connectivity index (χ4n) is 3.67. The molecule has 1 atom stereocenters. The number of carbonyl (C=O) groups excluding carboxylic acids is 1. The van der Waals surface area contributed by atoms with Gasteiger partial charge in [-0.3, -0.25) is 4.79 Å². The normalized spacial score (nSPS) is 23.7. The number of hydrogen-bond acceptors (Lipinski definition) is 5. The number of carbonyl (C=O) groups is 1. The predicted molar refractivity (Wildman–Crippen MR) is 111 cm³/mol. The van der Waals surface area contributed by atoms with Crippen LogP contribution >= 0.6 is 23.7 Å². The van der Waals surface area contributed by atoms with Gasteiger partial charge in [-0.2, -0.15) is 4.31 Å². The van der Waals surface area contributed by atoms with Crippen molar-refractivity contribution in [3.05, 3.63) is 17.0 Å². The monoisotopic (exact) mass is 435 g/mol. The lowest BCUT2D eigenvalue weighted by Crippen LogP contribution is -2.54. The highest BCUT2D eigenvalue weighted by molar-refractivity contribution is 7.91. The van der Waals surface area contributed by atoms with Gasteiger partial charge in [0.2, 0.25) is 5.91 Å². The van der Waals surface area contributed by atoms with Crippen LogP contribution in [0.1, 0.15) is 44.4 Å². The Labute approximate surface area is 172 Å². The molecule has 0 aromatic carbocycles. The number of halogens is 1. The molecule has 0 radical (unpaired) electrons. The number of nitrogens with two attached hydrogens (primary N) is 1.